The van der Waals surface area contributed by atoms with Crippen LogP contribution in [0, 0.1) is 0 Å². The molecule has 5 nitrogen and oxygen atoms in total. The fraction of sp³-hybridized carbons (Fsp3) is 0.667. The average Bonchev–Trinajstić information content (AvgIpc) is 1.57. The minimum Gasteiger partial charge on any atom is -0.483 e. The minimum atomic E-state index is -0.752. The van der Waals surface area contributed by atoms with Gasteiger partial charge in [-0.1, -0.05) is 0 Å². The summed E-state index contributed by atoms with van der Waals surface area (Å²) in [5, 5.41) is 15.1. The molecule has 5 heteroatoms. The summed E-state index contributed by atoms with van der Waals surface area (Å²) in [6, 6.07) is 0. The van der Waals surface area contributed by atoms with Crippen molar-refractivity contribution in [1.82, 2.24) is 0 Å². The highest BCUT2D eigenvalue weighted by atomic mass is 16.4. The summed E-state index contributed by atoms with van der Waals surface area (Å²) in [5.41, 5.74) is 0. The van der Waals surface area contributed by atoms with E-state index in [1.807, 2.05) is 21.1 Å². The third-order valence-electron chi connectivity index (χ3n) is 0.610. The lowest BCUT2D eigenvalue weighted by Crippen LogP contribution is -2.39. The Balaban J connectivity index is 0. The van der Waals surface area contributed by atoms with Crippen LogP contribution in [-0.2, 0) is 9.59 Å². The van der Waals surface area contributed by atoms with Crippen LogP contribution in [0.5, 0.6) is 0 Å². The smallest absolute Gasteiger partial charge is 0.359 e. The van der Waals surface area contributed by atoms with E-state index in [-0.39, 0.29) is 13.0 Å². The number of carboxylic acid groups (broad SMARTS) is 2. The molecule has 0 aliphatic carbocycles. The SMILES string of the molecule is C[N+](C)(C)CC(=O)O.O=CO. The van der Waals surface area contributed by atoms with Crippen molar-refractivity contribution in [3.8, 4) is 0 Å². The summed E-state index contributed by atoms with van der Waals surface area (Å²) in [7, 11) is 5.52. The van der Waals surface area contributed by atoms with Crippen LogP contribution in [0.4, 0.5) is 0 Å². The topological polar surface area (TPSA) is 74.6 Å². The van der Waals surface area contributed by atoms with Crippen LogP contribution in [-0.4, -0.2) is 54.8 Å². The fourth-order valence-corrected chi connectivity index (χ4v) is 0.406. The first-order valence-electron chi connectivity index (χ1n) is 2.93. The Hall–Kier alpha value is -1.10. The van der Waals surface area contributed by atoms with Crippen molar-refractivity contribution in [3.63, 3.8) is 0 Å². The standard InChI is InChI=1S/C5H11NO2.CH2O2/c1-6(2,3)4-5(7)8;2-1-3/h4H2,1-3H3;1H,(H,2,3)/p+1. The number of carboxylic acids is 1. The van der Waals surface area contributed by atoms with E-state index in [9.17, 15) is 4.79 Å². The van der Waals surface area contributed by atoms with Crippen molar-refractivity contribution >= 4 is 12.4 Å². The quantitative estimate of drug-likeness (QED) is 0.425. The van der Waals surface area contributed by atoms with Gasteiger partial charge in [-0.3, -0.25) is 4.79 Å². The predicted molar refractivity (Wildman–Crippen MR) is 39.2 cm³/mol. The van der Waals surface area contributed by atoms with E-state index in [2.05, 4.69) is 0 Å². The maximum atomic E-state index is 10.00. The Morgan fingerprint density at radius 3 is 1.73 bits per heavy atom. The van der Waals surface area contributed by atoms with Crippen molar-refractivity contribution in [1.29, 1.82) is 0 Å². The number of hydrogen-bond donors (Lipinski definition) is 2. The van der Waals surface area contributed by atoms with Crippen LogP contribution in [0.3, 0.4) is 0 Å². The highest BCUT2D eigenvalue weighted by Gasteiger charge is 2.11. The molecule has 0 aromatic carbocycles. The average molecular weight is 164 g/mol. The van der Waals surface area contributed by atoms with E-state index in [4.69, 9.17) is 15.0 Å². The Bertz CT molecular complexity index is 127. The van der Waals surface area contributed by atoms with E-state index in [1.54, 1.807) is 0 Å². The molecule has 66 valence electrons. The zero-order valence-corrected chi connectivity index (χ0v) is 6.94. The van der Waals surface area contributed by atoms with Gasteiger partial charge in [-0.15, -0.1) is 0 Å². The van der Waals surface area contributed by atoms with Crippen molar-refractivity contribution in [3.05, 3.63) is 0 Å². The summed E-state index contributed by atoms with van der Waals surface area (Å²) in [6.45, 7) is -0.0694. The molecule has 0 aromatic heterocycles. The number of hydrogen-bond acceptors (Lipinski definition) is 2. The van der Waals surface area contributed by atoms with Gasteiger partial charge in [0.05, 0.1) is 21.1 Å². The molecule has 0 aromatic rings. The molecule has 11 heavy (non-hydrogen) atoms. The second kappa shape index (κ2) is 5.67. The monoisotopic (exact) mass is 164 g/mol. The van der Waals surface area contributed by atoms with Crippen LogP contribution in [0.25, 0.3) is 0 Å². The van der Waals surface area contributed by atoms with E-state index < -0.39 is 5.97 Å². The zero-order valence-electron chi connectivity index (χ0n) is 6.94. The highest BCUT2D eigenvalue weighted by molar-refractivity contribution is 5.67. The number of carbonyl (C=O) groups is 2. The van der Waals surface area contributed by atoms with Gasteiger partial charge in [0.1, 0.15) is 0 Å². The Kier molecular flexibility index (Phi) is 6.47. The van der Waals surface area contributed by atoms with Crippen molar-refractivity contribution < 1.29 is 24.3 Å². The molecule has 0 heterocycles. The van der Waals surface area contributed by atoms with Gasteiger partial charge >= 0.3 is 5.97 Å². The molecular formula is C6H14NO4+. The summed E-state index contributed by atoms with van der Waals surface area (Å²) in [6.07, 6.45) is 0. The second-order valence-corrected chi connectivity index (χ2v) is 2.95. The van der Waals surface area contributed by atoms with Crippen molar-refractivity contribution in [2.75, 3.05) is 27.7 Å². The Morgan fingerprint density at radius 2 is 1.73 bits per heavy atom. The molecule has 0 aliphatic rings. The van der Waals surface area contributed by atoms with E-state index in [0.717, 1.165) is 0 Å². The molecule has 0 fully saturated rings. The third-order valence-corrected chi connectivity index (χ3v) is 0.610. The first kappa shape index (κ1) is 12.6. The summed E-state index contributed by atoms with van der Waals surface area (Å²) in [4.78, 5) is 18.4. The largest absolute Gasteiger partial charge is 0.483 e. The molecule has 0 unspecified atom stereocenters. The van der Waals surface area contributed by atoms with Gasteiger partial charge in [-0.05, 0) is 0 Å². The lowest BCUT2D eigenvalue weighted by Gasteiger charge is -2.20. The lowest BCUT2D eigenvalue weighted by atomic mass is 10.5. The maximum absolute atomic E-state index is 10.00. The van der Waals surface area contributed by atoms with Gasteiger partial charge in [0.15, 0.2) is 6.54 Å². The third kappa shape index (κ3) is 27.9. The molecule has 0 bridgehead atoms. The molecule has 0 rings (SSSR count). The molecule has 2 N–H and O–H groups in total. The molecular weight excluding hydrogens is 150 g/mol. The molecule has 0 radical (unpaired) electrons. The lowest BCUT2D eigenvalue weighted by molar-refractivity contribution is -0.862. The Morgan fingerprint density at radius 1 is 1.45 bits per heavy atom. The summed E-state index contributed by atoms with van der Waals surface area (Å²) >= 11 is 0. The molecule has 0 spiro atoms. The number of aliphatic carboxylic acids is 1. The fourth-order valence-electron chi connectivity index (χ4n) is 0.406. The molecule has 0 saturated heterocycles. The normalized spacial score (nSPS) is 9.36. The second-order valence-electron chi connectivity index (χ2n) is 2.95. The number of likely N-dealkylation sites (N-methyl/N-ethyl adjacent to an activating group) is 1. The van der Waals surface area contributed by atoms with Crippen molar-refractivity contribution in [2.24, 2.45) is 0 Å². The van der Waals surface area contributed by atoms with Gasteiger partial charge in [-0.2, -0.15) is 0 Å². The Labute approximate surface area is 65.5 Å². The van der Waals surface area contributed by atoms with Gasteiger partial charge in [0.2, 0.25) is 0 Å². The predicted octanol–water partition coefficient (Wildman–Crippen LogP) is -0.522. The summed E-state index contributed by atoms with van der Waals surface area (Å²) < 4.78 is 0.481. The molecule has 0 saturated carbocycles. The summed E-state index contributed by atoms with van der Waals surface area (Å²) in [5.74, 6) is -0.752. The van der Waals surface area contributed by atoms with Crippen LogP contribution >= 0.6 is 0 Å². The molecule has 0 atom stereocenters. The molecule has 0 aliphatic heterocycles. The molecule has 0 amide bonds. The number of nitrogens with zero attached hydrogens (tertiary/aromatic N) is 1. The van der Waals surface area contributed by atoms with Gasteiger partial charge in [-0.25, -0.2) is 4.79 Å². The number of quaternary nitrogens is 1. The minimum absolute atomic E-state index is 0.181. The van der Waals surface area contributed by atoms with Crippen LogP contribution in [0.15, 0.2) is 0 Å². The van der Waals surface area contributed by atoms with Crippen LogP contribution < -0.4 is 0 Å². The van der Waals surface area contributed by atoms with Crippen LogP contribution in [0.2, 0.25) is 0 Å². The maximum Gasteiger partial charge on any atom is 0.359 e. The first-order valence-corrected chi connectivity index (χ1v) is 2.93. The number of rotatable bonds is 2. The van der Waals surface area contributed by atoms with Crippen molar-refractivity contribution in [2.45, 2.75) is 0 Å². The van der Waals surface area contributed by atoms with E-state index in [0.29, 0.717) is 4.48 Å². The first-order chi connectivity index (χ1) is 4.83. The van der Waals surface area contributed by atoms with Crippen LogP contribution in [0.1, 0.15) is 0 Å². The van der Waals surface area contributed by atoms with Gasteiger partial charge in [0, 0.05) is 0 Å². The van der Waals surface area contributed by atoms with Gasteiger partial charge < -0.3 is 14.7 Å². The highest BCUT2D eigenvalue weighted by Crippen LogP contribution is 1.86. The van der Waals surface area contributed by atoms with E-state index >= 15 is 0 Å². The van der Waals surface area contributed by atoms with Gasteiger partial charge in [0.25, 0.3) is 6.47 Å². The van der Waals surface area contributed by atoms with E-state index in [1.165, 1.54) is 0 Å². The zero-order chi connectivity index (χ0) is 9.49.